The zero-order valence-electron chi connectivity index (χ0n) is 17.2. The molecule has 2 heterocycles. The Bertz CT molecular complexity index is 1100. The highest BCUT2D eigenvalue weighted by molar-refractivity contribution is 7.52. The molecule has 6 heteroatoms. The Balaban J connectivity index is 2.11. The molecule has 154 valence electrons. The minimum absolute atomic E-state index is 0.448. The van der Waals surface area contributed by atoms with Gasteiger partial charge in [0.25, 0.3) is 0 Å². The van der Waals surface area contributed by atoms with Crippen LogP contribution in [0.1, 0.15) is 65.5 Å². The lowest BCUT2D eigenvalue weighted by Gasteiger charge is -2.24. The Morgan fingerprint density at radius 3 is 2.48 bits per heavy atom. The summed E-state index contributed by atoms with van der Waals surface area (Å²) in [6, 6.07) is 8.32. The normalized spacial score (nSPS) is 15.5. The zero-order chi connectivity index (χ0) is 20.8. The third-order valence-electron chi connectivity index (χ3n) is 5.97. The van der Waals surface area contributed by atoms with Gasteiger partial charge < -0.3 is 9.79 Å². The molecule has 0 amide bonds. The average Bonchev–Trinajstić information content (AvgIpc) is 3.03. The van der Waals surface area contributed by atoms with Crippen LogP contribution < -0.4 is 0 Å². The van der Waals surface area contributed by atoms with E-state index in [1.54, 1.807) is 11.3 Å². The summed E-state index contributed by atoms with van der Waals surface area (Å²) in [5, 5.41) is 1.13. The zero-order valence-corrected chi connectivity index (χ0v) is 18.9. The summed E-state index contributed by atoms with van der Waals surface area (Å²) in [4.78, 5) is 27.8. The van der Waals surface area contributed by atoms with Gasteiger partial charge in [0.15, 0.2) is 0 Å². The van der Waals surface area contributed by atoms with E-state index >= 15 is 0 Å². The van der Waals surface area contributed by atoms with E-state index in [-0.39, 0.29) is 0 Å². The van der Waals surface area contributed by atoms with Crippen LogP contribution in [0.2, 0.25) is 0 Å². The van der Waals surface area contributed by atoms with E-state index in [0.717, 1.165) is 51.9 Å². The number of rotatable bonds is 5. The SMILES string of the molecule is CCCC(c1c(C)nc2sc3c(c2c1-c1ccc(C)cc1)CCCC3)P(=O)(O)O. The Hall–Kier alpha value is -1.52. The van der Waals surface area contributed by atoms with Crippen LogP contribution >= 0.6 is 18.9 Å². The van der Waals surface area contributed by atoms with E-state index in [1.807, 2.05) is 13.8 Å². The fourth-order valence-electron chi connectivity index (χ4n) is 4.60. The molecule has 2 aromatic heterocycles. The Labute approximate surface area is 176 Å². The molecular formula is C23H28NO3PS. The van der Waals surface area contributed by atoms with Crippen LogP contribution in [0.5, 0.6) is 0 Å². The summed E-state index contributed by atoms with van der Waals surface area (Å²) in [6.07, 6.45) is 5.62. The molecule has 0 radical (unpaired) electrons. The highest BCUT2D eigenvalue weighted by Crippen LogP contribution is 2.58. The number of hydrogen-bond donors (Lipinski definition) is 2. The maximum atomic E-state index is 12.5. The largest absolute Gasteiger partial charge is 0.333 e. The van der Waals surface area contributed by atoms with Crippen LogP contribution in [0.3, 0.4) is 0 Å². The number of aromatic nitrogens is 1. The van der Waals surface area contributed by atoms with E-state index in [0.29, 0.717) is 12.8 Å². The standard InChI is InChI=1S/C23H28NO3PS/c1-4-7-18(28(25,26)27)20-15(3)24-23-22(17-8-5-6-9-19(17)29-23)21(20)16-12-10-14(2)11-13-16/h10-13,18H,4-9H2,1-3H3,(H2,25,26,27). The Morgan fingerprint density at radius 2 is 1.83 bits per heavy atom. The third-order valence-corrected chi connectivity index (χ3v) is 8.49. The van der Waals surface area contributed by atoms with Crippen molar-refractivity contribution >= 4 is 29.1 Å². The number of benzene rings is 1. The second kappa shape index (κ2) is 7.96. The second-order valence-corrected chi connectivity index (χ2v) is 11.0. The molecule has 3 aromatic rings. The number of thiophene rings is 1. The number of hydrogen-bond acceptors (Lipinski definition) is 3. The van der Waals surface area contributed by atoms with Gasteiger partial charge in [0.05, 0.1) is 5.66 Å². The number of nitrogens with zero attached hydrogens (tertiary/aromatic N) is 1. The van der Waals surface area contributed by atoms with Gasteiger partial charge in [-0.05, 0) is 68.2 Å². The maximum absolute atomic E-state index is 12.5. The highest BCUT2D eigenvalue weighted by Gasteiger charge is 2.35. The molecule has 0 bridgehead atoms. The van der Waals surface area contributed by atoms with Gasteiger partial charge in [-0.3, -0.25) is 4.57 Å². The third kappa shape index (κ3) is 3.82. The summed E-state index contributed by atoms with van der Waals surface area (Å²) in [5.41, 5.74) is 5.21. The molecule has 1 aliphatic rings. The van der Waals surface area contributed by atoms with Gasteiger partial charge in [-0.2, -0.15) is 0 Å². The van der Waals surface area contributed by atoms with Crippen LogP contribution in [0.15, 0.2) is 24.3 Å². The quantitative estimate of drug-likeness (QED) is 0.456. The molecular weight excluding hydrogens is 401 g/mol. The van der Waals surface area contributed by atoms with Crippen LogP contribution in [-0.2, 0) is 17.4 Å². The number of aryl methyl sites for hydroxylation is 4. The Kier molecular flexibility index (Phi) is 5.69. The average molecular weight is 430 g/mol. The van der Waals surface area contributed by atoms with E-state index in [2.05, 4.69) is 31.2 Å². The first-order chi connectivity index (χ1) is 13.8. The van der Waals surface area contributed by atoms with E-state index in [1.165, 1.54) is 22.4 Å². The first-order valence-electron chi connectivity index (χ1n) is 10.4. The summed E-state index contributed by atoms with van der Waals surface area (Å²) in [6.45, 7) is 5.94. The van der Waals surface area contributed by atoms with Crippen molar-refractivity contribution in [3.63, 3.8) is 0 Å². The summed E-state index contributed by atoms with van der Waals surface area (Å²) in [7, 11) is -4.32. The molecule has 1 atom stereocenters. The Morgan fingerprint density at radius 1 is 1.14 bits per heavy atom. The van der Waals surface area contributed by atoms with Gasteiger partial charge in [0.1, 0.15) is 4.83 Å². The number of pyridine rings is 1. The smallest absolute Gasteiger partial charge is 0.324 e. The predicted molar refractivity (Wildman–Crippen MR) is 121 cm³/mol. The van der Waals surface area contributed by atoms with Crippen molar-refractivity contribution < 1.29 is 14.4 Å². The van der Waals surface area contributed by atoms with Gasteiger partial charge in [-0.15, -0.1) is 11.3 Å². The van der Waals surface area contributed by atoms with Gasteiger partial charge in [-0.25, -0.2) is 4.98 Å². The van der Waals surface area contributed by atoms with Crippen LogP contribution in [0.25, 0.3) is 21.3 Å². The van der Waals surface area contributed by atoms with Gasteiger partial charge >= 0.3 is 7.60 Å². The summed E-state index contributed by atoms with van der Waals surface area (Å²) < 4.78 is 12.5. The fourth-order valence-corrected chi connectivity index (χ4v) is 7.16. The van der Waals surface area contributed by atoms with Crippen LogP contribution in [0, 0.1) is 13.8 Å². The van der Waals surface area contributed by atoms with Crippen molar-refractivity contribution in [3.8, 4) is 11.1 Å². The van der Waals surface area contributed by atoms with Crippen molar-refractivity contribution in [2.75, 3.05) is 0 Å². The van der Waals surface area contributed by atoms with Crippen LogP contribution in [0.4, 0.5) is 0 Å². The lowest BCUT2D eigenvalue weighted by molar-refractivity contribution is 0.354. The van der Waals surface area contributed by atoms with Crippen molar-refractivity contribution in [1.29, 1.82) is 0 Å². The van der Waals surface area contributed by atoms with Crippen molar-refractivity contribution in [3.05, 3.63) is 51.5 Å². The summed E-state index contributed by atoms with van der Waals surface area (Å²) >= 11 is 1.76. The fraction of sp³-hybridized carbons (Fsp3) is 0.435. The lowest BCUT2D eigenvalue weighted by Crippen LogP contribution is -2.08. The molecule has 0 fully saturated rings. The lowest BCUT2D eigenvalue weighted by atomic mass is 9.88. The molecule has 0 spiro atoms. The molecule has 0 aliphatic heterocycles. The van der Waals surface area contributed by atoms with Crippen LogP contribution in [-0.4, -0.2) is 14.8 Å². The maximum Gasteiger partial charge on any atom is 0.333 e. The molecule has 2 N–H and O–H groups in total. The van der Waals surface area contributed by atoms with Crippen molar-refractivity contribution in [1.82, 2.24) is 4.98 Å². The monoisotopic (exact) mass is 429 g/mol. The first kappa shape index (κ1) is 20.7. The van der Waals surface area contributed by atoms with Gasteiger partial charge in [0.2, 0.25) is 0 Å². The topological polar surface area (TPSA) is 70.4 Å². The van der Waals surface area contributed by atoms with E-state index < -0.39 is 13.3 Å². The molecule has 4 rings (SSSR count). The van der Waals surface area contributed by atoms with Gasteiger partial charge in [-0.1, -0.05) is 43.2 Å². The van der Waals surface area contributed by atoms with Crippen molar-refractivity contribution in [2.24, 2.45) is 0 Å². The minimum Gasteiger partial charge on any atom is -0.324 e. The van der Waals surface area contributed by atoms with E-state index in [4.69, 9.17) is 4.98 Å². The highest BCUT2D eigenvalue weighted by atomic mass is 32.1. The molecule has 1 unspecified atom stereocenters. The first-order valence-corrected chi connectivity index (χ1v) is 12.9. The molecule has 1 aromatic carbocycles. The second-order valence-electron chi connectivity index (χ2n) is 8.14. The molecule has 29 heavy (non-hydrogen) atoms. The number of fused-ring (bicyclic) bond motifs is 3. The minimum atomic E-state index is -4.32. The molecule has 1 aliphatic carbocycles. The summed E-state index contributed by atoms with van der Waals surface area (Å²) in [5.74, 6) is 0. The predicted octanol–water partition coefficient (Wildman–Crippen LogP) is 6.48. The van der Waals surface area contributed by atoms with E-state index in [9.17, 15) is 14.4 Å². The van der Waals surface area contributed by atoms with Gasteiger partial charge in [0, 0.05) is 16.0 Å². The molecule has 0 saturated carbocycles. The van der Waals surface area contributed by atoms with Crippen molar-refractivity contribution in [2.45, 2.75) is 65.0 Å². The molecule has 4 nitrogen and oxygen atoms in total. The molecule has 0 saturated heterocycles.